The van der Waals surface area contributed by atoms with Gasteiger partial charge in [0.25, 0.3) is 0 Å². The molecule has 0 aliphatic carbocycles. The van der Waals surface area contributed by atoms with Crippen LogP contribution >= 0.6 is 0 Å². The molecule has 96 valence electrons. The van der Waals surface area contributed by atoms with E-state index in [1.54, 1.807) is 7.05 Å². The number of hydrogen-bond acceptors (Lipinski definition) is 3. The summed E-state index contributed by atoms with van der Waals surface area (Å²) in [6, 6.07) is 1.34. The number of rotatable bonds is 5. The lowest BCUT2D eigenvalue weighted by Crippen LogP contribution is -2.23. The monoisotopic (exact) mass is 249 g/mol. The van der Waals surface area contributed by atoms with Crippen LogP contribution in [0.5, 0.6) is 0 Å². The molecule has 0 radical (unpaired) electrons. The molecule has 0 aliphatic heterocycles. The summed E-state index contributed by atoms with van der Waals surface area (Å²) < 4.78 is 38.5. The molecule has 0 spiro atoms. The summed E-state index contributed by atoms with van der Waals surface area (Å²) in [7, 11) is 1.66. The van der Waals surface area contributed by atoms with Crippen molar-refractivity contribution in [2.45, 2.75) is 18.6 Å². The van der Waals surface area contributed by atoms with Gasteiger partial charge in [0.1, 0.15) is 6.10 Å². The van der Waals surface area contributed by atoms with Gasteiger partial charge < -0.3 is 15.5 Å². The van der Waals surface area contributed by atoms with E-state index in [2.05, 4.69) is 5.32 Å². The van der Waals surface area contributed by atoms with Gasteiger partial charge in [0.15, 0.2) is 17.5 Å². The largest absolute Gasteiger partial charge is 0.390 e. The van der Waals surface area contributed by atoms with Crippen LogP contribution in [0, 0.1) is 17.5 Å². The molecular weight excluding hydrogens is 235 g/mol. The van der Waals surface area contributed by atoms with Gasteiger partial charge in [-0.2, -0.15) is 0 Å². The fraction of sp³-hybridized carbons (Fsp3) is 0.455. The molecule has 1 aromatic carbocycles. The van der Waals surface area contributed by atoms with Gasteiger partial charge in [-0.25, -0.2) is 13.2 Å². The molecule has 0 amide bonds. The SMILES string of the molecule is CNCCC(O)C(O)c1cc(F)c(F)c(F)c1. The first kappa shape index (κ1) is 14.0. The molecule has 0 saturated heterocycles. The Labute approximate surface area is 96.9 Å². The minimum Gasteiger partial charge on any atom is -0.390 e. The van der Waals surface area contributed by atoms with E-state index in [9.17, 15) is 23.4 Å². The second-order valence-electron chi connectivity index (χ2n) is 3.70. The first-order chi connectivity index (χ1) is 7.97. The predicted octanol–water partition coefficient (Wildman–Crippen LogP) is 1.11. The number of aliphatic hydroxyl groups excluding tert-OH is 2. The predicted molar refractivity (Wildman–Crippen MR) is 55.8 cm³/mol. The molecule has 0 heterocycles. The molecule has 2 atom stereocenters. The third-order valence-electron chi connectivity index (χ3n) is 2.40. The van der Waals surface area contributed by atoms with Crippen molar-refractivity contribution in [1.29, 1.82) is 0 Å². The lowest BCUT2D eigenvalue weighted by molar-refractivity contribution is 0.0136. The zero-order valence-electron chi connectivity index (χ0n) is 9.25. The van der Waals surface area contributed by atoms with E-state index in [1.165, 1.54) is 0 Å². The van der Waals surface area contributed by atoms with Crippen LogP contribution in [-0.4, -0.2) is 29.9 Å². The van der Waals surface area contributed by atoms with Crippen molar-refractivity contribution in [2.24, 2.45) is 0 Å². The van der Waals surface area contributed by atoms with E-state index >= 15 is 0 Å². The van der Waals surface area contributed by atoms with Crippen molar-refractivity contribution < 1.29 is 23.4 Å². The van der Waals surface area contributed by atoms with E-state index in [-0.39, 0.29) is 12.0 Å². The highest BCUT2D eigenvalue weighted by Crippen LogP contribution is 2.22. The molecule has 1 aromatic rings. The van der Waals surface area contributed by atoms with Crippen molar-refractivity contribution >= 4 is 0 Å². The topological polar surface area (TPSA) is 52.5 Å². The zero-order chi connectivity index (χ0) is 13.0. The Balaban J connectivity index is 2.85. The standard InChI is InChI=1S/C11H14F3NO2/c1-15-3-2-9(16)11(17)6-4-7(12)10(14)8(13)5-6/h4-5,9,11,15-17H,2-3H2,1H3. The quantitative estimate of drug-likeness (QED) is 0.685. The van der Waals surface area contributed by atoms with Gasteiger partial charge in [-0.3, -0.25) is 0 Å². The van der Waals surface area contributed by atoms with Gasteiger partial charge in [0.2, 0.25) is 0 Å². The molecule has 0 aromatic heterocycles. The van der Waals surface area contributed by atoms with E-state index < -0.39 is 29.7 Å². The van der Waals surface area contributed by atoms with Crippen LogP contribution in [0.2, 0.25) is 0 Å². The van der Waals surface area contributed by atoms with E-state index in [1.807, 2.05) is 0 Å². The molecule has 1 rings (SSSR count). The second kappa shape index (κ2) is 6.00. The molecule has 0 aliphatic rings. The normalized spacial score (nSPS) is 14.7. The highest BCUT2D eigenvalue weighted by atomic mass is 19.2. The number of halogens is 3. The fourth-order valence-electron chi connectivity index (χ4n) is 1.42. The lowest BCUT2D eigenvalue weighted by Gasteiger charge is -2.18. The molecule has 3 nitrogen and oxygen atoms in total. The summed E-state index contributed by atoms with van der Waals surface area (Å²) in [5.41, 5.74) is -0.190. The molecule has 6 heteroatoms. The fourth-order valence-corrected chi connectivity index (χ4v) is 1.42. The number of benzene rings is 1. The van der Waals surface area contributed by atoms with E-state index in [0.29, 0.717) is 18.7 Å². The molecule has 17 heavy (non-hydrogen) atoms. The van der Waals surface area contributed by atoms with Crippen LogP contribution in [-0.2, 0) is 0 Å². The first-order valence-corrected chi connectivity index (χ1v) is 5.12. The van der Waals surface area contributed by atoms with Crippen molar-refractivity contribution in [3.05, 3.63) is 35.1 Å². The Morgan fingerprint density at radius 2 is 1.71 bits per heavy atom. The highest BCUT2D eigenvalue weighted by Gasteiger charge is 2.21. The Bertz CT molecular complexity index is 364. The van der Waals surface area contributed by atoms with Gasteiger partial charge in [0.05, 0.1) is 6.10 Å². The maximum absolute atomic E-state index is 12.9. The minimum absolute atomic E-state index is 0.190. The Morgan fingerprint density at radius 1 is 1.18 bits per heavy atom. The zero-order valence-corrected chi connectivity index (χ0v) is 9.25. The van der Waals surface area contributed by atoms with Gasteiger partial charge in [-0.15, -0.1) is 0 Å². The molecule has 3 N–H and O–H groups in total. The van der Waals surface area contributed by atoms with Gasteiger partial charge in [0, 0.05) is 0 Å². The maximum Gasteiger partial charge on any atom is 0.194 e. The molecule has 0 bridgehead atoms. The van der Waals surface area contributed by atoms with Crippen molar-refractivity contribution in [2.75, 3.05) is 13.6 Å². The maximum atomic E-state index is 12.9. The third kappa shape index (κ3) is 3.42. The van der Waals surface area contributed by atoms with Crippen LogP contribution in [0.25, 0.3) is 0 Å². The van der Waals surface area contributed by atoms with E-state index in [0.717, 1.165) is 0 Å². The van der Waals surface area contributed by atoms with Crippen LogP contribution in [0.4, 0.5) is 13.2 Å². The minimum atomic E-state index is -1.59. The molecular formula is C11H14F3NO2. The summed E-state index contributed by atoms with van der Waals surface area (Å²) in [5, 5.41) is 21.9. The van der Waals surface area contributed by atoms with Gasteiger partial charge >= 0.3 is 0 Å². The number of aliphatic hydroxyl groups is 2. The van der Waals surface area contributed by atoms with Gasteiger partial charge in [-0.05, 0) is 37.7 Å². The van der Waals surface area contributed by atoms with Crippen LogP contribution in [0.3, 0.4) is 0 Å². The Morgan fingerprint density at radius 3 is 2.18 bits per heavy atom. The molecule has 2 unspecified atom stereocenters. The van der Waals surface area contributed by atoms with Gasteiger partial charge in [-0.1, -0.05) is 0 Å². The van der Waals surface area contributed by atoms with Crippen molar-refractivity contribution in [3.63, 3.8) is 0 Å². The first-order valence-electron chi connectivity index (χ1n) is 5.12. The molecule has 0 fully saturated rings. The summed E-state index contributed by atoms with van der Waals surface area (Å²) in [6.07, 6.45) is -2.42. The third-order valence-corrected chi connectivity index (χ3v) is 2.40. The highest BCUT2D eigenvalue weighted by molar-refractivity contribution is 5.22. The summed E-state index contributed by atoms with van der Waals surface area (Å²) in [5.74, 6) is -4.37. The van der Waals surface area contributed by atoms with Crippen molar-refractivity contribution in [3.8, 4) is 0 Å². The van der Waals surface area contributed by atoms with Crippen LogP contribution < -0.4 is 5.32 Å². The van der Waals surface area contributed by atoms with Crippen LogP contribution in [0.1, 0.15) is 18.1 Å². The van der Waals surface area contributed by atoms with Crippen molar-refractivity contribution in [1.82, 2.24) is 5.32 Å². The number of hydrogen-bond donors (Lipinski definition) is 3. The smallest absolute Gasteiger partial charge is 0.194 e. The lowest BCUT2D eigenvalue weighted by atomic mass is 10.0. The summed E-state index contributed by atoms with van der Waals surface area (Å²) in [4.78, 5) is 0. The average Bonchev–Trinajstić information content (AvgIpc) is 2.31. The Hall–Kier alpha value is -1.11. The van der Waals surface area contributed by atoms with E-state index in [4.69, 9.17) is 0 Å². The summed E-state index contributed by atoms with van der Waals surface area (Å²) in [6.45, 7) is 0.435. The molecule has 0 saturated carbocycles. The van der Waals surface area contributed by atoms with Crippen LogP contribution in [0.15, 0.2) is 12.1 Å². The second-order valence-corrected chi connectivity index (χ2v) is 3.70. The summed E-state index contributed by atoms with van der Waals surface area (Å²) >= 11 is 0. The Kier molecular flexibility index (Phi) is 4.92. The number of nitrogens with one attached hydrogen (secondary N) is 1. The average molecular weight is 249 g/mol.